The van der Waals surface area contributed by atoms with Gasteiger partial charge in [0.2, 0.25) is 5.91 Å². The summed E-state index contributed by atoms with van der Waals surface area (Å²) in [7, 11) is 0. The fraction of sp³-hybridized carbons (Fsp3) is 0.667. The summed E-state index contributed by atoms with van der Waals surface area (Å²) in [6.45, 7) is 11.4. The van der Waals surface area contributed by atoms with Gasteiger partial charge in [-0.05, 0) is 63.4 Å². The van der Waals surface area contributed by atoms with Crippen molar-refractivity contribution >= 4 is 17.5 Å². The Morgan fingerprint density at radius 3 is 2.41 bits per heavy atom. The van der Waals surface area contributed by atoms with E-state index in [-0.39, 0.29) is 11.8 Å². The lowest BCUT2D eigenvalue weighted by molar-refractivity contribution is -0.116. The molecule has 0 atom stereocenters. The first-order valence-electron chi connectivity index (χ1n) is 11.4. The molecule has 1 aliphatic heterocycles. The van der Waals surface area contributed by atoms with Crippen LogP contribution in [0.1, 0.15) is 88.6 Å². The zero-order valence-electron chi connectivity index (χ0n) is 18.8. The second-order valence-electron chi connectivity index (χ2n) is 8.46. The van der Waals surface area contributed by atoms with Crippen molar-refractivity contribution in [2.75, 3.05) is 24.5 Å². The Morgan fingerprint density at radius 1 is 1.07 bits per heavy atom. The fourth-order valence-electron chi connectivity index (χ4n) is 3.90. The van der Waals surface area contributed by atoms with E-state index in [0.29, 0.717) is 18.2 Å². The van der Waals surface area contributed by atoms with E-state index in [1.165, 1.54) is 19.3 Å². The van der Waals surface area contributed by atoms with Crippen LogP contribution in [0.3, 0.4) is 0 Å². The van der Waals surface area contributed by atoms with Crippen LogP contribution in [0.25, 0.3) is 0 Å². The standard InChI is InChI=1S/C24H39N3O2/c1-5-6-14-25-24(29)21-12-13-23-22(17-21)18-26(19(2)3)15-10-8-7-9-11-16-27(23)20(4)28/h12-13,17,19H,5-11,14-16,18H2,1-4H3,(H,25,29). The van der Waals surface area contributed by atoms with Gasteiger partial charge in [0.25, 0.3) is 5.91 Å². The molecule has 1 N–H and O–H groups in total. The van der Waals surface area contributed by atoms with Crippen LogP contribution in [0.4, 0.5) is 5.69 Å². The summed E-state index contributed by atoms with van der Waals surface area (Å²) in [6.07, 6.45) is 7.86. The molecule has 0 saturated heterocycles. The summed E-state index contributed by atoms with van der Waals surface area (Å²) in [5, 5.41) is 3.01. The highest BCUT2D eigenvalue weighted by atomic mass is 16.2. The van der Waals surface area contributed by atoms with Gasteiger partial charge in [-0.15, -0.1) is 0 Å². The molecule has 0 radical (unpaired) electrons. The quantitative estimate of drug-likeness (QED) is 0.725. The van der Waals surface area contributed by atoms with Crippen molar-refractivity contribution < 1.29 is 9.59 Å². The minimum Gasteiger partial charge on any atom is -0.352 e. The van der Waals surface area contributed by atoms with Crippen molar-refractivity contribution in [3.05, 3.63) is 29.3 Å². The number of benzene rings is 1. The minimum atomic E-state index is -0.0298. The second-order valence-corrected chi connectivity index (χ2v) is 8.46. The molecule has 29 heavy (non-hydrogen) atoms. The van der Waals surface area contributed by atoms with Crippen LogP contribution in [0.2, 0.25) is 0 Å². The van der Waals surface area contributed by atoms with Crippen LogP contribution in [-0.4, -0.2) is 42.4 Å². The average Bonchev–Trinajstić information content (AvgIpc) is 2.67. The number of hydrogen-bond donors (Lipinski definition) is 1. The van der Waals surface area contributed by atoms with Gasteiger partial charge >= 0.3 is 0 Å². The molecule has 162 valence electrons. The molecule has 0 fully saturated rings. The summed E-state index contributed by atoms with van der Waals surface area (Å²) in [6, 6.07) is 6.24. The molecular formula is C24H39N3O2. The molecule has 0 aromatic heterocycles. The summed E-state index contributed by atoms with van der Waals surface area (Å²) in [5.41, 5.74) is 2.70. The average molecular weight is 402 g/mol. The Morgan fingerprint density at radius 2 is 1.76 bits per heavy atom. The normalized spacial score (nSPS) is 16.7. The maximum Gasteiger partial charge on any atom is 0.251 e. The molecule has 1 aromatic rings. The van der Waals surface area contributed by atoms with Gasteiger partial charge in [-0.1, -0.05) is 32.6 Å². The van der Waals surface area contributed by atoms with E-state index >= 15 is 0 Å². The molecule has 1 aliphatic rings. The van der Waals surface area contributed by atoms with E-state index < -0.39 is 0 Å². The van der Waals surface area contributed by atoms with Gasteiger partial charge in [0.15, 0.2) is 0 Å². The topological polar surface area (TPSA) is 52.7 Å². The number of nitrogens with zero attached hydrogens (tertiary/aromatic N) is 2. The lowest BCUT2D eigenvalue weighted by atomic mass is 10.0. The summed E-state index contributed by atoms with van der Waals surface area (Å²) in [4.78, 5) is 29.4. The number of carbonyl (C=O) groups excluding carboxylic acids is 2. The van der Waals surface area contributed by atoms with E-state index in [2.05, 4.69) is 31.0 Å². The largest absolute Gasteiger partial charge is 0.352 e. The van der Waals surface area contributed by atoms with Gasteiger partial charge in [0.1, 0.15) is 0 Å². The SMILES string of the molecule is CCCCNC(=O)c1ccc2c(c1)CN(C(C)C)CCCCCCCN2C(C)=O. The molecule has 0 saturated carbocycles. The van der Waals surface area contributed by atoms with E-state index in [1.54, 1.807) is 6.92 Å². The van der Waals surface area contributed by atoms with Crippen molar-refractivity contribution in [2.45, 2.75) is 85.2 Å². The Labute approximate surface area is 176 Å². The van der Waals surface area contributed by atoms with E-state index in [4.69, 9.17) is 0 Å². The third-order valence-corrected chi connectivity index (χ3v) is 5.76. The molecule has 2 amide bonds. The summed E-state index contributed by atoms with van der Waals surface area (Å²) >= 11 is 0. The van der Waals surface area contributed by atoms with Crippen molar-refractivity contribution in [1.82, 2.24) is 10.2 Å². The third kappa shape index (κ3) is 7.14. The first kappa shape index (κ1) is 23.4. The van der Waals surface area contributed by atoms with Gasteiger partial charge in [0, 0.05) is 43.9 Å². The minimum absolute atomic E-state index is 0.0298. The molecule has 0 unspecified atom stereocenters. The Kier molecular flexibility index (Phi) is 9.65. The number of hydrogen-bond acceptors (Lipinski definition) is 3. The number of nitrogens with one attached hydrogen (secondary N) is 1. The molecule has 0 aliphatic carbocycles. The zero-order valence-corrected chi connectivity index (χ0v) is 18.8. The van der Waals surface area contributed by atoms with Crippen LogP contribution in [-0.2, 0) is 11.3 Å². The molecule has 0 spiro atoms. The van der Waals surface area contributed by atoms with Crippen molar-refractivity contribution in [3.8, 4) is 0 Å². The predicted octanol–water partition coefficient (Wildman–Crippen LogP) is 4.74. The third-order valence-electron chi connectivity index (χ3n) is 5.76. The van der Waals surface area contributed by atoms with Crippen LogP contribution in [0, 0.1) is 0 Å². The fourth-order valence-corrected chi connectivity index (χ4v) is 3.90. The summed E-state index contributed by atoms with van der Waals surface area (Å²) < 4.78 is 0. The lowest BCUT2D eigenvalue weighted by Crippen LogP contribution is -2.35. The molecule has 1 heterocycles. The van der Waals surface area contributed by atoms with Gasteiger partial charge in [-0.3, -0.25) is 14.5 Å². The van der Waals surface area contributed by atoms with Crippen LogP contribution in [0.15, 0.2) is 18.2 Å². The maximum atomic E-state index is 12.6. The monoisotopic (exact) mass is 401 g/mol. The molecular weight excluding hydrogens is 362 g/mol. The Bertz CT molecular complexity index is 672. The maximum absolute atomic E-state index is 12.6. The summed E-state index contributed by atoms with van der Waals surface area (Å²) in [5.74, 6) is 0.0393. The molecule has 1 aromatic carbocycles. The Hall–Kier alpha value is -1.88. The van der Waals surface area contributed by atoms with E-state index in [0.717, 1.165) is 56.6 Å². The van der Waals surface area contributed by atoms with Crippen molar-refractivity contribution in [3.63, 3.8) is 0 Å². The number of amides is 2. The molecule has 0 bridgehead atoms. The number of fused-ring (bicyclic) bond motifs is 1. The lowest BCUT2D eigenvalue weighted by Gasteiger charge is -2.31. The van der Waals surface area contributed by atoms with Crippen LogP contribution in [0.5, 0.6) is 0 Å². The predicted molar refractivity (Wildman–Crippen MR) is 120 cm³/mol. The second kappa shape index (κ2) is 12.0. The highest BCUT2D eigenvalue weighted by molar-refractivity contribution is 5.97. The first-order valence-corrected chi connectivity index (χ1v) is 11.4. The molecule has 5 nitrogen and oxygen atoms in total. The Balaban J connectivity index is 2.38. The number of rotatable bonds is 5. The highest BCUT2D eigenvalue weighted by Crippen LogP contribution is 2.26. The van der Waals surface area contributed by atoms with Crippen molar-refractivity contribution in [2.24, 2.45) is 0 Å². The molecule has 2 rings (SSSR count). The number of unbranched alkanes of at least 4 members (excludes halogenated alkanes) is 1. The zero-order chi connectivity index (χ0) is 21.2. The van der Waals surface area contributed by atoms with E-state index in [9.17, 15) is 9.59 Å². The first-order chi connectivity index (χ1) is 13.9. The van der Waals surface area contributed by atoms with Crippen LogP contribution < -0.4 is 10.2 Å². The van der Waals surface area contributed by atoms with Gasteiger partial charge in [-0.25, -0.2) is 0 Å². The van der Waals surface area contributed by atoms with E-state index in [1.807, 2.05) is 23.1 Å². The number of anilines is 1. The highest BCUT2D eigenvalue weighted by Gasteiger charge is 2.20. The molecule has 5 heteroatoms. The van der Waals surface area contributed by atoms with Gasteiger partial charge in [0.05, 0.1) is 0 Å². The number of carbonyl (C=O) groups is 2. The van der Waals surface area contributed by atoms with Crippen molar-refractivity contribution in [1.29, 1.82) is 0 Å². The van der Waals surface area contributed by atoms with Gasteiger partial charge in [-0.2, -0.15) is 0 Å². The van der Waals surface area contributed by atoms with Gasteiger partial charge < -0.3 is 10.2 Å². The van der Waals surface area contributed by atoms with Crippen LogP contribution >= 0.6 is 0 Å². The smallest absolute Gasteiger partial charge is 0.251 e.